The molecule has 0 aliphatic heterocycles. The number of aryl methyl sites for hydroxylation is 1. The summed E-state index contributed by atoms with van der Waals surface area (Å²) in [7, 11) is 0. The van der Waals surface area contributed by atoms with Crippen molar-refractivity contribution < 1.29 is 19.1 Å². The molecule has 0 aromatic carbocycles. The lowest BCUT2D eigenvalue weighted by Crippen LogP contribution is -2.35. The van der Waals surface area contributed by atoms with Gasteiger partial charge in [0.05, 0.1) is 6.54 Å². The Labute approximate surface area is 124 Å². The lowest BCUT2D eigenvalue weighted by atomic mass is 10.1. The van der Waals surface area contributed by atoms with Gasteiger partial charge in [0.15, 0.2) is 0 Å². The molecule has 0 saturated heterocycles. The lowest BCUT2D eigenvalue weighted by molar-refractivity contribution is 0.0695. The predicted molar refractivity (Wildman–Crippen MR) is 79.3 cm³/mol. The maximum Gasteiger partial charge on any atom is 0.339 e. The Morgan fingerprint density at radius 2 is 2.00 bits per heavy atom. The van der Waals surface area contributed by atoms with Crippen LogP contribution < -0.4 is 10.6 Å². The van der Waals surface area contributed by atoms with Crippen LogP contribution in [-0.4, -0.2) is 23.7 Å². The van der Waals surface area contributed by atoms with Crippen molar-refractivity contribution >= 4 is 12.0 Å². The van der Waals surface area contributed by atoms with Gasteiger partial charge in [-0.25, -0.2) is 9.59 Å². The first kappa shape index (κ1) is 17.1. The Kier molecular flexibility index (Phi) is 6.78. The van der Waals surface area contributed by atoms with Gasteiger partial charge in [0, 0.05) is 6.54 Å². The van der Waals surface area contributed by atoms with Gasteiger partial charge in [-0.1, -0.05) is 26.7 Å². The second-order valence-electron chi connectivity index (χ2n) is 5.49. The number of hydrogen-bond donors (Lipinski definition) is 3. The second kappa shape index (κ2) is 8.34. The molecule has 118 valence electrons. The zero-order valence-electron chi connectivity index (χ0n) is 12.9. The quantitative estimate of drug-likeness (QED) is 0.643. The van der Waals surface area contributed by atoms with Gasteiger partial charge in [0.2, 0.25) is 0 Å². The van der Waals surface area contributed by atoms with Gasteiger partial charge in [-0.3, -0.25) is 0 Å². The van der Waals surface area contributed by atoms with Gasteiger partial charge in [-0.05, 0) is 25.3 Å². The molecule has 0 atom stereocenters. The SMILES string of the molecule is Cc1oc(CNC(=O)NCCCCC(C)C)cc1C(=O)O. The van der Waals surface area contributed by atoms with E-state index in [9.17, 15) is 9.59 Å². The number of rotatable bonds is 8. The van der Waals surface area contributed by atoms with Crippen molar-refractivity contribution in [2.75, 3.05) is 6.54 Å². The summed E-state index contributed by atoms with van der Waals surface area (Å²) in [5.41, 5.74) is 0.126. The van der Waals surface area contributed by atoms with E-state index in [1.807, 2.05) is 0 Å². The third kappa shape index (κ3) is 6.33. The Hall–Kier alpha value is -1.98. The first-order chi connectivity index (χ1) is 9.90. The highest BCUT2D eigenvalue weighted by atomic mass is 16.4. The van der Waals surface area contributed by atoms with E-state index in [1.54, 1.807) is 6.92 Å². The number of carbonyl (C=O) groups is 2. The minimum atomic E-state index is -1.03. The summed E-state index contributed by atoms with van der Waals surface area (Å²) in [5, 5.41) is 14.3. The molecule has 3 N–H and O–H groups in total. The van der Waals surface area contributed by atoms with Gasteiger partial charge in [0.25, 0.3) is 0 Å². The molecular formula is C15H24N2O4. The monoisotopic (exact) mass is 296 g/mol. The Bertz CT molecular complexity index is 480. The highest BCUT2D eigenvalue weighted by Crippen LogP contribution is 2.14. The van der Waals surface area contributed by atoms with Gasteiger partial charge in [0.1, 0.15) is 17.1 Å². The summed E-state index contributed by atoms with van der Waals surface area (Å²) in [6.07, 6.45) is 3.21. The van der Waals surface area contributed by atoms with Crippen LogP contribution in [0.2, 0.25) is 0 Å². The normalized spacial score (nSPS) is 10.7. The van der Waals surface area contributed by atoms with Crippen molar-refractivity contribution in [2.45, 2.75) is 46.6 Å². The number of carboxylic acids is 1. The molecule has 1 aromatic heterocycles. The van der Waals surface area contributed by atoms with E-state index in [0.717, 1.165) is 19.3 Å². The van der Waals surface area contributed by atoms with Crippen LogP contribution in [-0.2, 0) is 6.54 Å². The maximum atomic E-state index is 11.6. The van der Waals surface area contributed by atoms with Crippen LogP contribution in [0.25, 0.3) is 0 Å². The molecule has 1 aromatic rings. The third-order valence-electron chi connectivity index (χ3n) is 3.12. The van der Waals surface area contributed by atoms with E-state index in [1.165, 1.54) is 6.07 Å². The summed E-state index contributed by atoms with van der Waals surface area (Å²) >= 11 is 0. The summed E-state index contributed by atoms with van der Waals surface area (Å²) in [6, 6.07) is 1.16. The third-order valence-corrected chi connectivity index (χ3v) is 3.12. The molecule has 1 rings (SSSR count). The summed E-state index contributed by atoms with van der Waals surface area (Å²) in [4.78, 5) is 22.4. The zero-order chi connectivity index (χ0) is 15.8. The molecule has 0 aliphatic rings. The van der Waals surface area contributed by atoms with Crippen molar-refractivity contribution in [2.24, 2.45) is 5.92 Å². The molecule has 6 heteroatoms. The number of furan rings is 1. The molecule has 6 nitrogen and oxygen atoms in total. The molecule has 2 amide bonds. The van der Waals surface area contributed by atoms with Crippen LogP contribution in [0.3, 0.4) is 0 Å². The molecule has 0 spiro atoms. The molecule has 1 heterocycles. The molecule has 0 aliphatic carbocycles. The van der Waals surface area contributed by atoms with Crippen molar-refractivity contribution in [1.82, 2.24) is 10.6 Å². The largest absolute Gasteiger partial charge is 0.478 e. The molecule has 0 bridgehead atoms. The molecule has 0 saturated carbocycles. The topological polar surface area (TPSA) is 91.6 Å². The number of hydrogen-bond acceptors (Lipinski definition) is 3. The molecule has 0 fully saturated rings. The van der Waals surface area contributed by atoms with Crippen molar-refractivity contribution in [1.29, 1.82) is 0 Å². The number of nitrogens with one attached hydrogen (secondary N) is 2. The fraction of sp³-hybridized carbons (Fsp3) is 0.600. The first-order valence-electron chi connectivity index (χ1n) is 7.24. The number of aromatic carboxylic acids is 1. The van der Waals surface area contributed by atoms with Crippen molar-refractivity contribution in [3.8, 4) is 0 Å². The maximum absolute atomic E-state index is 11.6. The van der Waals surface area contributed by atoms with Gasteiger partial charge in [-0.15, -0.1) is 0 Å². The van der Waals surface area contributed by atoms with Gasteiger partial charge >= 0.3 is 12.0 Å². The van der Waals surface area contributed by atoms with Crippen LogP contribution in [0.5, 0.6) is 0 Å². The first-order valence-corrected chi connectivity index (χ1v) is 7.24. The van der Waals surface area contributed by atoms with E-state index in [-0.39, 0.29) is 18.1 Å². The highest BCUT2D eigenvalue weighted by Gasteiger charge is 2.13. The molecule has 21 heavy (non-hydrogen) atoms. The van der Waals surface area contributed by atoms with Crippen LogP contribution in [0.1, 0.15) is 55.0 Å². The summed E-state index contributed by atoms with van der Waals surface area (Å²) < 4.78 is 5.27. The molecular weight excluding hydrogens is 272 g/mol. The number of carbonyl (C=O) groups excluding carboxylic acids is 1. The van der Waals surface area contributed by atoms with Gasteiger partial charge < -0.3 is 20.2 Å². The number of urea groups is 1. The average molecular weight is 296 g/mol. The minimum absolute atomic E-state index is 0.126. The minimum Gasteiger partial charge on any atom is -0.478 e. The van der Waals surface area contributed by atoms with E-state index < -0.39 is 5.97 Å². The molecule has 0 unspecified atom stereocenters. The van der Waals surface area contributed by atoms with Crippen LogP contribution in [0, 0.1) is 12.8 Å². The number of carboxylic acid groups (broad SMARTS) is 1. The Morgan fingerprint density at radius 1 is 1.29 bits per heavy atom. The zero-order valence-corrected chi connectivity index (χ0v) is 12.9. The summed E-state index contributed by atoms with van der Waals surface area (Å²) in [5.74, 6) is 0.426. The van der Waals surface area contributed by atoms with Crippen molar-refractivity contribution in [3.05, 3.63) is 23.2 Å². The average Bonchev–Trinajstić information content (AvgIpc) is 2.77. The van der Waals surface area contributed by atoms with Crippen LogP contribution >= 0.6 is 0 Å². The lowest BCUT2D eigenvalue weighted by Gasteiger charge is -2.07. The standard InChI is InChI=1S/C15H24N2O4/c1-10(2)6-4-5-7-16-15(20)17-9-12-8-13(14(18)19)11(3)21-12/h8,10H,4-7,9H2,1-3H3,(H,18,19)(H2,16,17,20). The van der Waals surface area contributed by atoms with E-state index in [4.69, 9.17) is 9.52 Å². The fourth-order valence-corrected chi connectivity index (χ4v) is 1.95. The van der Waals surface area contributed by atoms with Gasteiger partial charge in [-0.2, -0.15) is 0 Å². The van der Waals surface area contributed by atoms with Crippen LogP contribution in [0.4, 0.5) is 4.79 Å². The number of unbranched alkanes of at least 4 members (excludes halogenated alkanes) is 1. The van der Waals surface area contributed by atoms with E-state index in [0.29, 0.717) is 24.0 Å². The smallest absolute Gasteiger partial charge is 0.339 e. The Morgan fingerprint density at radius 3 is 2.57 bits per heavy atom. The predicted octanol–water partition coefficient (Wildman–Crippen LogP) is 2.91. The van der Waals surface area contributed by atoms with E-state index >= 15 is 0 Å². The summed E-state index contributed by atoms with van der Waals surface area (Å²) in [6.45, 7) is 6.75. The second-order valence-corrected chi connectivity index (χ2v) is 5.49. The van der Waals surface area contributed by atoms with E-state index in [2.05, 4.69) is 24.5 Å². The van der Waals surface area contributed by atoms with Crippen LogP contribution in [0.15, 0.2) is 10.5 Å². The number of amides is 2. The Balaban J connectivity index is 2.24. The van der Waals surface area contributed by atoms with Crippen molar-refractivity contribution in [3.63, 3.8) is 0 Å². The fourth-order valence-electron chi connectivity index (χ4n) is 1.95. The highest BCUT2D eigenvalue weighted by molar-refractivity contribution is 5.88. The molecule has 0 radical (unpaired) electrons.